The lowest BCUT2D eigenvalue weighted by Crippen LogP contribution is -2.43. The summed E-state index contributed by atoms with van der Waals surface area (Å²) in [7, 11) is 0. The summed E-state index contributed by atoms with van der Waals surface area (Å²) in [5, 5.41) is 3.18. The Hall–Kier alpha value is -3.06. The van der Waals surface area contributed by atoms with E-state index in [1.807, 2.05) is 20.0 Å². The molecule has 0 saturated carbocycles. The molecule has 1 N–H and O–H groups in total. The van der Waals surface area contributed by atoms with Gasteiger partial charge in [-0.05, 0) is 50.3 Å². The first-order chi connectivity index (χ1) is 16.1. The molecule has 7 nitrogen and oxygen atoms in total. The van der Waals surface area contributed by atoms with Crippen molar-refractivity contribution in [2.75, 3.05) is 37.6 Å². The van der Waals surface area contributed by atoms with Gasteiger partial charge in [0, 0.05) is 45.2 Å². The van der Waals surface area contributed by atoms with Gasteiger partial charge in [-0.3, -0.25) is 9.69 Å². The van der Waals surface area contributed by atoms with Crippen LogP contribution in [0.3, 0.4) is 0 Å². The van der Waals surface area contributed by atoms with Crippen molar-refractivity contribution in [3.8, 4) is 0 Å². The van der Waals surface area contributed by atoms with Crippen LogP contribution in [0.2, 0.25) is 0 Å². The highest BCUT2D eigenvalue weighted by molar-refractivity contribution is 5.79. The third-order valence-electron chi connectivity index (χ3n) is 7.09. The largest absolute Gasteiger partial charge is 0.370 e. The summed E-state index contributed by atoms with van der Waals surface area (Å²) in [5.41, 5.74) is 7.31. The predicted molar refractivity (Wildman–Crippen MR) is 130 cm³/mol. The highest BCUT2D eigenvalue weighted by atomic mass is 16.1. The van der Waals surface area contributed by atoms with E-state index in [9.17, 15) is 4.79 Å². The van der Waals surface area contributed by atoms with Crippen molar-refractivity contribution in [1.29, 1.82) is 0 Å². The first-order valence-corrected chi connectivity index (χ1v) is 12.0. The van der Waals surface area contributed by atoms with Gasteiger partial charge in [-0.15, -0.1) is 0 Å². The molecule has 0 spiro atoms. The number of hydrogen-bond acceptors (Lipinski definition) is 6. The van der Waals surface area contributed by atoms with Crippen molar-refractivity contribution < 1.29 is 4.79 Å². The average Bonchev–Trinajstić information content (AvgIpc) is 2.84. The number of pyridine rings is 1. The number of carbonyl (C=O) groups excluding carboxylic acids is 1. The summed E-state index contributed by atoms with van der Waals surface area (Å²) >= 11 is 0. The van der Waals surface area contributed by atoms with Crippen LogP contribution in [0, 0.1) is 19.8 Å². The molecular weight excluding hydrogens is 412 g/mol. The molecule has 0 unspecified atom stereocenters. The highest BCUT2D eigenvalue weighted by Gasteiger charge is 2.25. The number of aromatic nitrogens is 3. The van der Waals surface area contributed by atoms with Gasteiger partial charge in [0.25, 0.3) is 0 Å². The smallest absolute Gasteiger partial charge is 0.223 e. The summed E-state index contributed by atoms with van der Waals surface area (Å²) in [6, 6.07) is 10.7. The molecule has 4 heterocycles. The molecule has 33 heavy (non-hydrogen) atoms. The first-order valence-electron chi connectivity index (χ1n) is 12.0. The molecule has 2 aromatic heterocycles. The summed E-state index contributed by atoms with van der Waals surface area (Å²) in [4.78, 5) is 31.2. The molecule has 2 aliphatic rings. The Balaban J connectivity index is 1.10. The van der Waals surface area contributed by atoms with Crippen LogP contribution in [0.4, 0.5) is 5.69 Å². The van der Waals surface area contributed by atoms with Crippen molar-refractivity contribution in [3.05, 3.63) is 59.0 Å². The topological polar surface area (TPSA) is 74.2 Å². The Bertz CT molecular complexity index is 1150. The van der Waals surface area contributed by atoms with Crippen LogP contribution in [-0.4, -0.2) is 58.5 Å². The normalized spacial score (nSPS) is 17.2. The van der Waals surface area contributed by atoms with E-state index in [0.29, 0.717) is 12.2 Å². The second kappa shape index (κ2) is 9.43. The number of hydrogen-bond donors (Lipinski definition) is 1. The number of fused-ring (bicyclic) bond motifs is 2. The minimum Gasteiger partial charge on any atom is -0.370 e. The molecule has 1 amide bonds. The van der Waals surface area contributed by atoms with Crippen LogP contribution in [0.1, 0.15) is 35.4 Å². The molecule has 5 rings (SSSR count). The van der Waals surface area contributed by atoms with E-state index >= 15 is 0 Å². The van der Waals surface area contributed by atoms with Gasteiger partial charge in [0.1, 0.15) is 5.52 Å². The Morgan fingerprint density at radius 2 is 1.82 bits per heavy atom. The van der Waals surface area contributed by atoms with E-state index in [0.717, 1.165) is 74.6 Å². The standard InChI is InChI=1S/C26H32N6O/c1-18-19(2)30-25-24(29-18)15-23(16-28-25)32-12-8-21(9-13-32)26(33)27-10-14-31-11-7-20-5-3-4-6-22(20)17-31/h3-6,15-16,21H,7-14,17H2,1-2H3,(H,27,33). The number of nitrogens with zero attached hydrogens (tertiary/aromatic N) is 5. The van der Waals surface area contributed by atoms with E-state index in [1.54, 1.807) is 0 Å². The van der Waals surface area contributed by atoms with Gasteiger partial charge in [-0.1, -0.05) is 24.3 Å². The van der Waals surface area contributed by atoms with Crippen LogP contribution in [0.15, 0.2) is 36.5 Å². The van der Waals surface area contributed by atoms with Gasteiger partial charge in [0.05, 0.1) is 23.3 Å². The van der Waals surface area contributed by atoms with Crippen molar-refractivity contribution in [3.63, 3.8) is 0 Å². The number of piperidine rings is 1. The number of anilines is 1. The minimum absolute atomic E-state index is 0.0847. The summed E-state index contributed by atoms with van der Waals surface area (Å²) in [6.45, 7) is 9.30. The zero-order valence-electron chi connectivity index (χ0n) is 19.5. The average molecular weight is 445 g/mol. The van der Waals surface area contributed by atoms with Gasteiger partial charge in [0.15, 0.2) is 5.65 Å². The molecule has 1 aromatic carbocycles. The molecule has 172 valence electrons. The fraction of sp³-hybridized carbons (Fsp3) is 0.462. The monoisotopic (exact) mass is 444 g/mol. The number of aryl methyl sites for hydroxylation is 2. The predicted octanol–water partition coefficient (Wildman–Crippen LogP) is 3.03. The van der Waals surface area contributed by atoms with E-state index < -0.39 is 0 Å². The van der Waals surface area contributed by atoms with E-state index in [1.165, 1.54) is 11.1 Å². The third-order valence-corrected chi connectivity index (χ3v) is 7.09. The van der Waals surface area contributed by atoms with E-state index in [4.69, 9.17) is 0 Å². The maximum atomic E-state index is 12.7. The maximum Gasteiger partial charge on any atom is 0.223 e. The molecule has 7 heteroatoms. The van der Waals surface area contributed by atoms with Crippen LogP contribution < -0.4 is 10.2 Å². The molecule has 2 aliphatic heterocycles. The molecule has 0 radical (unpaired) electrons. The molecule has 1 fully saturated rings. The summed E-state index contributed by atoms with van der Waals surface area (Å²) < 4.78 is 0. The third kappa shape index (κ3) is 4.83. The zero-order valence-corrected chi connectivity index (χ0v) is 19.5. The first kappa shape index (κ1) is 21.8. The number of carbonyl (C=O) groups is 1. The molecular formula is C26H32N6O. The highest BCUT2D eigenvalue weighted by Crippen LogP contribution is 2.25. The molecule has 0 bridgehead atoms. The van der Waals surface area contributed by atoms with Gasteiger partial charge < -0.3 is 10.2 Å². The van der Waals surface area contributed by atoms with E-state index in [-0.39, 0.29) is 11.8 Å². The van der Waals surface area contributed by atoms with Crippen molar-refractivity contribution in [1.82, 2.24) is 25.2 Å². The molecule has 3 aromatic rings. The molecule has 0 aliphatic carbocycles. The van der Waals surface area contributed by atoms with Crippen molar-refractivity contribution >= 4 is 22.8 Å². The second-order valence-electron chi connectivity index (χ2n) is 9.28. The van der Waals surface area contributed by atoms with Crippen molar-refractivity contribution in [2.45, 2.75) is 39.7 Å². The number of benzene rings is 1. The molecule has 0 atom stereocenters. The Labute approximate surface area is 195 Å². The maximum absolute atomic E-state index is 12.7. The Morgan fingerprint density at radius 3 is 2.64 bits per heavy atom. The summed E-state index contributed by atoms with van der Waals surface area (Å²) in [5.74, 6) is 0.280. The fourth-order valence-electron chi connectivity index (χ4n) is 4.90. The molecule has 1 saturated heterocycles. The zero-order chi connectivity index (χ0) is 22.8. The van der Waals surface area contributed by atoms with Gasteiger partial charge in [-0.25, -0.2) is 15.0 Å². The Morgan fingerprint density at radius 1 is 1.06 bits per heavy atom. The second-order valence-corrected chi connectivity index (χ2v) is 9.28. The van der Waals surface area contributed by atoms with Gasteiger partial charge in [-0.2, -0.15) is 0 Å². The lowest BCUT2D eigenvalue weighted by Gasteiger charge is -2.33. The van der Waals surface area contributed by atoms with Gasteiger partial charge in [0.2, 0.25) is 5.91 Å². The lowest BCUT2D eigenvalue weighted by molar-refractivity contribution is -0.125. The van der Waals surface area contributed by atoms with Crippen molar-refractivity contribution in [2.24, 2.45) is 5.92 Å². The summed E-state index contributed by atoms with van der Waals surface area (Å²) in [6.07, 6.45) is 4.69. The van der Waals surface area contributed by atoms with Crippen LogP contribution in [-0.2, 0) is 17.8 Å². The minimum atomic E-state index is 0.0847. The Kier molecular flexibility index (Phi) is 6.22. The van der Waals surface area contributed by atoms with E-state index in [2.05, 4.69) is 60.4 Å². The SMILES string of the molecule is Cc1nc2cc(N3CCC(C(=O)NCCN4CCc5ccccc5C4)CC3)cnc2nc1C. The van der Waals surface area contributed by atoms with Crippen LogP contribution in [0.25, 0.3) is 11.2 Å². The number of rotatable bonds is 5. The van der Waals surface area contributed by atoms with Crippen LogP contribution in [0.5, 0.6) is 0 Å². The number of amides is 1. The van der Waals surface area contributed by atoms with Crippen LogP contribution >= 0.6 is 0 Å². The van der Waals surface area contributed by atoms with Gasteiger partial charge >= 0.3 is 0 Å². The quantitative estimate of drug-likeness (QED) is 0.652. The number of nitrogens with one attached hydrogen (secondary N) is 1. The lowest BCUT2D eigenvalue weighted by atomic mass is 9.95. The fourth-order valence-corrected chi connectivity index (χ4v) is 4.90.